The maximum absolute atomic E-state index is 11.8. The lowest BCUT2D eigenvalue weighted by molar-refractivity contribution is -0.139. The third-order valence-corrected chi connectivity index (χ3v) is 4.50. The quantitative estimate of drug-likeness (QED) is 0.632. The van der Waals surface area contributed by atoms with Crippen molar-refractivity contribution in [2.75, 3.05) is 0 Å². The molecular weight excluding hydrogens is 346 g/mol. The predicted octanol–water partition coefficient (Wildman–Crippen LogP) is 4.79. The topological polar surface area (TPSA) is 49.3 Å². The van der Waals surface area contributed by atoms with Gasteiger partial charge in [-0.25, -0.2) is 0 Å². The van der Waals surface area contributed by atoms with E-state index in [9.17, 15) is 9.90 Å². The zero-order chi connectivity index (χ0) is 18.4. The van der Waals surface area contributed by atoms with E-state index in [1.165, 1.54) is 0 Å². The normalized spacial score (nSPS) is 11.9. The second kappa shape index (κ2) is 8.65. The number of carboxylic acids is 1. The molecule has 2 N–H and O–H groups in total. The van der Waals surface area contributed by atoms with Crippen molar-refractivity contribution < 1.29 is 9.90 Å². The number of hydrogen-bond donors (Lipinski definition) is 2. The second-order valence-corrected chi connectivity index (χ2v) is 6.57. The highest BCUT2D eigenvalue weighted by Crippen LogP contribution is 2.27. The summed E-state index contributed by atoms with van der Waals surface area (Å²) in [5.74, 6) is -0.875. The first-order chi connectivity index (χ1) is 12.6. The monoisotopic (exact) mass is 365 g/mol. The molecule has 0 saturated carbocycles. The number of carboxylic acid groups (broad SMARTS) is 1. The molecule has 0 saturated heterocycles. The highest BCUT2D eigenvalue weighted by molar-refractivity contribution is 6.30. The molecule has 0 heterocycles. The summed E-state index contributed by atoms with van der Waals surface area (Å²) in [6, 6.07) is 24.6. The van der Waals surface area contributed by atoms with Crippen LogP contribution in [0.1, 0.15) is 11.1 Å². The number of hydrogen-bond acceptors (Lipinski definition) is 2. The van der Waals surface area contributed by atoms with Crippen LogP contribution in [0.5, 0.6) is 0 Å². The lowest BCUT2D eigenvalue weighted by Crippen LogP contribution is -2.38. The van der Waals surface area contributed by atoms with Crippen molar-refractivity contribution in [3.05, 3.63) is 95.0 Å². The van der Waals surface area contributed by atoms with Gasteiger partial charge in [0.1, 0.15) is 6.04 Å². The van der Waals surface area contributed by atoms with Crippen LogP contribution in [0.25, 0.3) is 11.1 Å². The zero-order valence-corrected chi connectivity index (χ0v) is 15.0. The van der Waals surface area contributed by atoms with Crippen molar-refractivity contribution in [1.29, 1.82) is 0 Å². The largest absolute Gasteiger partial charge is 0.480 e. The number of rotatable bonds is 7. The molecular formula is C22H20ClNO2. The number of benzene rings is 3. The Balaban J connectivity index is 1.82. The Morgan fingerprint density at radius 1 is 0.962 bits per heavy atom. The minimum atomic E-state index is -0.875. The van der Waals surface area contributed by atoms with Crippen molar-refractivity contribution in [1.82, 2.24) is 5.32 Å². The Kier molecular flexibility index (Phi) is 6.05. The van der Waals surface area contributed by atoms with Gasteiger partial charge in [-0.3, -0.25) is 4.79 Å². The summed E-state index contributed by atoms with van der Waals surface area (Å²) in [6.45, 7) is 0.499. The van der Waals surface area contributed by atoms with Crippen LogP contribution in [-0.4, -0.2) is 17.1 Å². The van der Waals surface area contributed by atoms with Gasteiger partial charge >= 0.3 is 5.97 Å². The Morgan fingerprint density at radius 2 is 1.62 bits per heavy atom. The summed E-state index contributed by atoms with van der Waals surface area (Å²) in [5, 5.41) is 13.4. The lowest BCUT2D eigenvalue weighted by Gasteiger charge is -2.17. The van der Waals surface area contributed by atoms with E-state index in [1.807, 2.05) is 78.9 Å². The van der Waals surface area contributed by atoms with Crippen LogP contribution >= 0.6 is 11.6 Å². The van der Waals surface area contributed by atoms with Crippen molar-refractivity contribution in [2.24, 2.45) is 0 Å². The van der Waals surface area contributed by atoms with Gasteiger partial charge in [0.25, 0.3) is 0 Å². The van der Waals surface area contributed by atoms with E-state index in [0.29, 0.717) is 18.0 Å². The number of nitrogens with one attached hydrogen (secondary N) is 1. The average Bonchev–Trinajstić information content (AvgIpc) is 2.66. The van der Waals surface area contributed by atoms with Gasteiger partial charge in [0.05, 0.1) is 0 Å². The standard InChI is InChI=1S/C22H20ClNO2/c23-19-11-12-20(17-9-5-2-6-10-17)18(13-19)14-21(22(25)26)24-15-16-7-3-1-4-8-16/h1-13,21,24H,14-15H2,(H,25,26)/t21-/m0/s1. The molecule has 0 unspecified atom stereocenters. The highest BCUT2D eigenvalue weighted by atomic mass is 35.5. The summed E-state index contributed by atoms with van der Waals surface area (Å²) in [5.41, 5.74) is 4.01. The van der Waals surface area contributed by atoms with Crippen LogP contribution in [0, 0.1) is 0 Å². The van der Waals surface area contributed by atoms with Gasteiger partial charge in [-0.1, -0.05) is 78.3 Å². The van der Waals surface area contributed by atoms with Crippen LogP contribution in [0.3, 0.4) is 0 Å². The fraction of sp³-hybridized carbons (Fsp3) is 0.136. The molecule has 1 atom stereocenters. The molecule has 0 aliphatic heterocycles. The van der Waals surface area contributed by atoms with E-state index < -0.39 is 12.0 Å². The minimum absolute atomic E-state index is 0.354. The molecule has 3 aromatic rings. The van der Waals surface area contributed by atoms with Gasteiger partial charge in [0.15, 0.2) is 0 Å². The van der Waals surface area contributed by atoms with E-state index in [0.717, 1.165) is 22.3 Å². The number of halogens is 1. The molecule has 3 rings (SSSR count). The molecule has 4 heteroatoms. The molecule has 3 nitrogen and oxygen atoms in total. The molecule has 0 aliphatic carbocycles. The van der Waals surface area contributed by atoms with Gasteiger partial charge in [-0.15, -0.1) is 0 Å². The summed E-state index contributed by atoms with van der Waals surface area (Å²) in [6.07, 6.45) is 0.354. The van der Waals surface area contributed by atoms with Crippen molar-refractivity contribution in [3.63, 3.8) is 0 Å². The Morgan fingerprint density at radius 3 is 2.27 bits per heavy atom. The molecule has 0 radical (unpaired) electrons. The molecule has 132 valence electrons. The molecule has 0 bridgehead atoms. The minimum Gasteiger partial charge on any atom is -0.480 e. The molecule has 0 aliphatic rings. The van der Waals surface area contributed by atoms with Crippen molar-refractivity contribution in [2.45, 2.75) is 19.0 Å². The third-order valence-electron chi connectivity index (χ3n) is 4.27. The van der Waals surface area contributed by atoms with Crippen molar-refractivity contribution in [3.8, 4) is 11.1 Å². The van der Waals surface area contributed by atoms with Gasteiger partial charge in [-0.05, 0) is 40.8 Å². The molecule has 3 aromatic carbocycles. The first-order valence-electron chi connectivity index (χ1n) is 8.47. The third kappa shape index (κ3) is 4.72. The van der Waals surface area contributed by atoms with Crippen LogP contribution < -0.4 is 5.32 Å². The average molecular weight is 366 g/mol. The van der Waals surface area contributed by atoms with Gasteiger partial charge < -0.3 is 10.4 Å². The lowest BCUT2D eigenvalue weighted by atomic mass is 9.95. The van der Waals surface area contributed by atoms with Gasteiger partial charge in [0, 0.05) is 11.6 Å². The summed E-state index contributed by atoms with van der Waals surface area (Å²) < 4.78 is 0. The summed E-state index contributed by atoms with van der Waals surface area (Å²) in [7, 11) is 0. The molecule has 0 amide bonds. The highest BCUT2D eigenvalue weighted by Gasteiger charge is 2.19. The van der Waals surface area contributed by atoms with E-state index in [-0.39, 0.29) is 0 Å². The Bertz CT molecular complexity index is 866. The maximum Gasteiger partial charge on any atom is 0.321 e. The summed E-state index contributed by atoms with van der Waals surface area (Å²) in [4.78, 5) is 11.8. The zero-order valence-electron chi connectivity index (χ0n) is 14.2. The summed E-state index contributed by atoms with van der Waals surface area (Å²) >= 11 is 6.17. The fourth-order valence-corrected chi connectivity index (χ4v) is 3.13. The Labute approximate surface area is 158 Å². The fourth-order valence-electron chi connectivity index (χ4n) is 2.93. The first kappa shape index (κ1) is 18.2. The number of carbonyl (C=O) groups is 1. The van der Waals surface area contributed by atoms with E-state index in [4.69, 9.17) is 11.6 Å². The van der Waals surface area contributed by atoms with E-state index >= 15 is 0 Å². The molecule has 0 aromatic heterocycles. The smallest absolute Gasteiger partial charge is 0.321 e. The molecule has 0 fully saturated rings. The van der Waals surface area contributed by atoms with E-state index in [1.54, 1.807) is 0 Å². The number of aliphatic carboxylic acids is 1. The van der Waals surface area contributed by atoms with E-state index in [2.05, 4.69) is 5.32 Å². The van der Waals surface area contributed by atoms with Crippen LogP contribution in [0.2, 0.25) is 5.02 Å². The van der Waals surface area contributed by atoms with Crippen LogP contribution in [-0.2, 0) is 17.8 Å². The van der Waals surface area contributed by atoms with Gasteiger partial charge in [-0.2, -0.15) is 0 Å². The first-order valence-corrected chi connectivity index (χ1v) is 8.85. The predicted molar refractivity (Wildman–Crippen MR) is 105 cm³/mol. The molecule has 0 spiro atoms. The van der Waals surface area contributed by atoms with Crippen molar-refractivity contribution >= 4 is 17.6 Å². The van der Waals surface area contributed by atoms with Gasteiger partial charge in [0.2, 0.25) is 0 Å². The van der Waals surface area contributed by atoms with Crippen LogP contribution in [0.15, 0.2) is 78.9 Å². The second-order valence-electron chi connectivity index (χ2n) is 6.13. The maximum atomic E-state index is 11.8. The SMILES string of the molecule is O=C(O)[C@H](Cc1cc(Cl)ccc1-c1ccccc1)NCc1ccccc1. The molecule has 26 heavy (non-hydrogen) atoms. The van der Waals surface area contributed by atoms with Crippen LogP contribution in [0.4, 0.5) is 0 Å². The Hall–Kier alpha value is -2.62.